The van der Waals surface area contributed by atoms with Gasteiger partial charge < -0.3 is 9.53 Å². The standard InChI is InChI=1S/C16H27NO5S3Si/c1-8-24-15(23)25-13-10(11(18)17(13)12(19)14(20)21)9(2)22-26(6,7)16(3,4)5/h9-10,13H,8H2,1-7H3,(H,20,21)/t9?,10-,13+/m0/s1. The molecule has 0 aromatic rings. The molecular formula is C16H27NO5S3Si. The quantitative estimate of drug-likeness (QED) is 0.302. The van der Waals surface area contributed by atoms with Gasteiger partial charge >= 0.3 is 11.9 Å². The fourth-order valence-corrected chi connectivity index (χ4v) is 6.55. The molecular weight excluding hydrogens is 410 g/mol. The lowest BCUT2D eigenvalue weighted by molar-refractivity contribution is -0.172. The van der Waals surface area contributed by atoms with Gasteiger partial charge in [-0.15, -0.1) is 11.8 Å². The van der Waals surface area contributed by atoms with E-state index in [2.05, 4.69) is 33.9 Å². The number of hydrogen-bond acceptors (Lipinski definition) is 7. The highest BCUT2D eigenvalue weighted by molar-refractivity contribution is 8.47. The number of thioether (sulfide) groups is 2. The summed E-state index contributed by atoms with van der Waals surface area (Å²) in [5.74, 6) is -3.19. The maximum Gasteiger partial charge on any atom is 0.395 e. The first kappa shape index (κ1) is 23.6. The number of amides is 2. The molecule has 26 heavy (non-hydrogen) atoms. The number of carboxylic acid groups (broad SMARTS) is 1. The van der Waals surface area contributed by atoms with E-state index >= 15 is 0 Å². The molecule has 3 atom stereocenters. The molecule has 1 fully saturated rings. The van der Waals surface area contributed by atoms with Crippen molar-refractivity contribution in [3.05, 3.63) is 0 Å². The lowest BCUT2D eigenvalue weighted by Crippen LogP contribution is -2.67. The van der Waals surface area contributed by atoms with Gasteiger partial charge in [-0.25, -0.2) is 4.79 Å². The largest absolute Gasteiger partial charge is 0.474 e. The van der Waals surface area contributed by atoms with Crippen LogP contribution in [0.25, 0.3) is 0 Å². The summed E-state index contributed by atoms with van der Waals surface area (Å²) in [4.78, 5) is 36.3. The maximum atomic E-state index is 12.5. The fraction of sp³-hybridized carbons (Fsp3) is 0.750. The third kappa shape index (κ3) is 5.09. The van der Waals surface area contributed by atoms with E-state index in [0.29, 0.717) is 3.53 Å². The number of imide groups is 1. The van der Waals surface area contributed by atoms with Gasteiger partial charge in [0.1, 0.15) is 8.90 Å². The molecule has 0 radical (unpaired) electrons. The second-order valence-electron chi connectivity index (χ2n) is 7.62. The van der Waals surface area contributed by atoms with Crippen LogP contribution in [0.1, 0.15) is 34.6 Å². The predicted molar refractivity (Wildman–Crippen MR) is 113 cm³/mol. The number of aliphatic carboxylic acids is 1. The van der Waals surface area contributed by atoms with Crippen molar-refractivity contribution in [3.63, 3.8) is 0 Å². The van der Waals surface area contributed by atoms with E-state index in [1.54, 1.807) is 0 Å². The average Bonchev–Trinajstić information content (AvgIpc) is 2.44. The van der Waals surface area contributed by atoms with Crippen LogP contribution >= 0.6 is 35.7 Å². The van der Waals surface area contributed by atoms with Gasteiger partial charge in [-0.3, -0.25) is 14.5 Å². The highest BCUT2D eigenvalue weighted by Gasteiger charge is 2.56. The molecule has 0 aromatic heterocycles. The Morgan fingerprint density at radius 2 is 1.92 bits per heavy atom. The Hall–Kier alpha value is -0.423. The minimum atomic E-state index is -2.12. The molecule has 1 aliphatic rings. The summed E-state index contributed by atoms with van der Waals surface area (Å²) in [5, 5.41) is 8.32. The number of nitrogens with zero attached hydrogens (tertiary/aromatic N) is 1. The number of carbonyl (C=O) groups is 3. The van der Waals surface area contributed by atoms with Gasteiger partial charge in [-0.2, -0.15) is 0 Å². The van der Waals surface area contributed by atoms with Crippen molar-refractivity contribution in [3.8, 4) is 0 Å². The van der Waals surface area contributed by atoms with E-state index in [1.165, 1.54) is 23.5 Å². The van der Waals surface area contributed by atoms with Crippen molar-refractivity contribution in [2.24, 2.45) is 5.92 Å². The minimum Gasteiger partial charge on any atom is -0.474 e. The number of likely N-dealkylation sites (tertiary alicyclic amines) is 1. The zero-order valence-electron chi connectivity index (χ0n) is 16.2. The Morgan fingerprint density at radius 3 is 2.35 bits per heavy atom. The summed E-state index contributed by atoms with van der Waals surface area (Å²) < 4.78 is 6.89. The molecule has 6 nitrogen and oxygen atoms in total. The predicted octanol–water partition coefficient (Wildman–Crippen LogP) is 3.56. The minimum absolute atomic E-state index is 0.0272. The third-order valence-corrected chi connectivity index (χ3v) is 12.1. The van der Waals surface area contributed by atoms with Gasteiger partial charge in [-0.05, 0) is 30.8 Å². The van der Waals surface area contributed by atoms with E-state index in [0.717, 1.165) is 10.7 Å². The Kier molecular flexibility index (Phi) is 7.92. The maximum absolute atomic E-state index is 12.5. The molecule has 0 spiro atoms. The second kappa shape index (κ2) is 8.72. The van der Waals surface area contributed by atoms with E-state index < -0.39 is 43.5 Å². The summed E-state index contributed by atoms with van der Waals surface area (Å²) in [5.41, 5.74) is 0. The molecule has 10 heteroatoms. The molecule has 0 bridgehead atoms. The van der Waals surface area contributed by atoms with Gasteiger partial charge in [0.05, 0.1) is 12.0 Å². The zero-order valence-corrected chi connectivity index (χ0v) is 19.6. The van der Waals surface area contributed by atoms with E-state index in [4.69, 9.17) is 21.8 Å². The van der Waals surface area contributed by atoms with Gasteiger partial charge in [0.15, 0.2) is 8.32 Å². The Labute approximate surface area is 169 Å². The van der Waals surface area contributed by atoms with Crippen LogP contribution in [0.5, 0.6) is 0 Å². The Bertz CT molecular complexity index is 605. The van der Waals surface area contributed by atoms with Crippen LogP contribution in [-0.2, 0) is 18.8 Å². The fourth-order valence-electron chi connectivity index (χ4n) is 2.33. The monoisotopic (exact) mass is 437 g/mol. The molecule has 148 valence electrons. The first-order valence-electron chi connectivity index (χ1n) is 8.36. The van der Waals surface area contributed by atoms with E-state index in [1.807, 2.05) is 13.8 Å². The number of thiocarbonyl (C=S) groups is 1. The van der Waals surface area contributed by atoms with Gasteiger partial charge in [0.2, 0.25) is 5.91 Å². The van der Waals surface area contributed by atoms with Crippen LogP contribution in [0.2, 0.25) is 18.1 Å². The Morgan fingerprint density at radius 1 is 1.38 bits per heavy atom. The lowest BCUT2D eigenvalue weighted by atomic mass is 9.92. The third-order valence-electron chi connectivity index (χ3n) is 4.76. The summed E-state index contributed by atoms with van der Waals surface area (Å²) >= 11 is 7.90. The highest BCUT2D eigenvalue weighted by atomic mass is 32.2. The molecule has 1 unspecified atom stereocenters. The van der Waals surface area contributed by atoms with E-state index in [-0.39, 0.29) is 5.04 Å². The zero-order chi connectivity index (χ0) is 20.4. The van der Waals surface area contributed by atoms with Crippen molar-refractivity contribution in [2.45, 2.75) is 64.2 Å². The Balaban J connectivity index is 3.03. The van der Waals surface area contributed by atoms with Crippen molar-refractivity contribution < 1.29 is 23.9 Å². The smallest absolute Gasteiger partial charge is 0.395 e. The van der Waals surface area contributed by atoms with Crippen molar-refractivity contribution in [1.29, 1.82) is 0 Å². The highest BCUT2D eigenvalue weighted by Crippen LogP contribution is 2.44. The van der Waals surface area contributed by atoms with Gasteiger partial charge in [0, 0.05) is 0 Å². The molecule has 0 saturated carbocycles. The molecule has 0 aliphatic carbocycles. The van der Waals surface area contributed by atoms with Crippen molar-refractivity contribution in [1.82, 2.24) is 4.90 Å². The summed E-state index contributed by atoms with van der Waals surface area (Å²) in [6.45, 7) is 14.3. The van der Waals surface area contributed by atoms with Crippen LogP contribution < -0.4 is 0 Å². The van der Waals surface area contributed by atoms with Crippen molar-refractivity contribution in [2.75, 3.05) is 5.75 Å². The topological polar surface area (TPSA) is 83.9 Å². The first-order valence-corrected chi connectivity index (χ1v) is 13.5. The van der Waals surface area contributed by atoms with Crippen LogP contribution in [0.15, 0.2) is 0 Å². The average molecular weight is 438 g/mol. The first-order chi connectivity index (χ1) is 11.7. The molecule has 1 heterocycles. The molecule has 1 N–H and O–H groups in total. The van der Waals surface area contributed by atoms with Crippen LogP contribution in [0.4, 0.5) is 0 Å². The van der Waals surface area contributed by atoms with Crippen molar-refractivity contribution >= 4 is 65.4 Å². The lowest BCUT2D eigenvalue weighted by Gasteiger charge is -2.49. The SMILES string of the molecule is CCSC(=S)S[C@@H]1[C@@H](C(C)O[Si](C)(C)C(C)(C)C)C(=O)N1C(=O)C(=O)O. The number of carbonyl (C=O) groups excluding carboxylic acids is 2. The van der Waals surface area contributed by atoms with Gasteiger partial charge in [0.25, 0.3) is 0 Å². The number of carboxylic acids is 1. The number of β-lactam (4-membered cyclic amide) rings is 1. The second-order valence-corrected chi connectivity index (χ2v) is 16.0. The molecule has 1 saturated heterocycles. The van der Waals surface area contributed by atoms with Crippen LogP contribution in [0, 0.1) is 5.92 Å². The number of rotatable bonds is 5. The normalized spacial score (nSPS) is 22.0. The molecule has 0 aromatic carbocycles. The number of hydrogen-bond donors (Lipinski definition) is 1. The molecule has 1 rings (SSSR count). The molecule has 2 amide bonds. The summed E-state index contributed by atoms with van der Waals surface area (Å²) in [6, 6.07) is 0. The van der Waals surface area contributed by atoms with E-state index in [9.17, 15) is 14.4 Å². The summed E-state index contributed by atoms with van der Waals surface area (Å²) in [6.07, 6.45) is -0.423. The summed E-state index contributed by atoms with van der Waals surface area (Å²) in [7, 11) is -2.12. The van der Waals surface area contributed by atoms with Crippen LogP contribution in [-0.4, -0.2) is 56.9 Å². The molecule has 1 aliphatic heterocycles. The van der Waals surface area contributed by atoms with Crippen LogP contribution in [0.3, 0.4) is 0 Å². The van der Waals surface area contributed by atoms with Gasteiger partial charge in [-0.1, -0.05) is 51.7 Å².